The second-order valence-corrected chi connectivity index (χ2v) is 7.26. The largest absolute Gasteiger partial charge is 0.612 e. The van der Waals surface area contributed by atoms with Gasteiger partial charge in [-0.2, -0.15) is 0 Å². The molecule has 2 aromatic carbocycles. The summed E-state index contributed by atoms with van der Waals surface area (Å²) in [5, 5.41) is 1.54. The number of rotatable bonds is 10. The highest BCUT2D eigenvalue weighted by Gasteiger charge is 2.15. The number of carbonyl (C=O) groups excluding carboxylic acids is 1. The van der Waals surface area contributed by atoms with Gasteiger partial charge in [0.1, 0.15) is 28.4 Å². The normalized spacial score (nSPS) is 11.8. The van der Waals surface area contributed by atoms with Crippen LogP contribution in [0.25, 0.3) is 6.08 Å². The van der Waals surface area contributed by atoms with Crippen molar-refractivity contribution >= 4 is 23.2 Å². The Hall–Kier alpha value is -2.88. The van der Waals surface area contributed by atoms with Crippen molar-refractivity contribution in [3.63, 3.8) is 0 Å². The molecule has 0 aliphatic carbocycles. The molecule has 0 spiro atoms. The SMILES string of the molecule is COc1cc(OC)c(/C=C/[S+]([O-])Cc2ccc(OC)c(OC(=O)CN)c2)c(OC)c1. The fourth-order valence-electron chi connectivity index (χ4n) is 2.61. The van der Waals surface area contributed by atoms with E-state index in [9.17, 15) is 9.35 Å². The van der Waals surface area contributed by atoms with E-state index in [1.165, 1.54) is 21.3 Å². The summed E-state index contributed by atoms with van der Waals surface area (Å²) in [5.41, 5.74) is 6.63. The second kappa shape index (κ2) is 11.3. The second-order valence-electron chi connectivity index (χ2n) is 5.94. The van der Waals surface area contributed by atoms with E-state index in [2.05, 4.69) is 0 Å². The van der Waals surface area contributed by atoms with Gasteiger partial charge in [0.15, 0.2) is 11.5 Å². The zero-order valence-electron chi connectivity index (χ0n) is 17.3. The molecular weight excluding hydrogens is 410 g/mol. The Morgan fingerprint density at radius 1 is 0.967 bits per heavy atom. The molecule has 0 radical (unpaired) electrons. The van der Waals surface area contributed by atoms with Crippen molar-refractivity contribution < 1.29 is 33.0 Å². The third-order valence-corrected chi connectivity index (χ3v) is 5.12. The van der Waals surface area contributed by atoms with Gasteiger partial charge >= 0.3 is 5.97 Å². The molecule has 1 atom stereocenters. The molecule has 0 aliphatic rings. The van der Waals surface area contributed by atoms with Gasteiger partial charge < -0.3 is 34.0 Å². The van der Waals surface area contributed by atoms with Crippen LogP contribution >= 0.6 is 0 Å². The minimum atomic E-state index is -1.36. The topological polar surface area (TPSA) is 112 Å². The maximum atomic E-state index is 12.6. The minimum absolute atomic E-state index is 0.203. The number of hydrogen-bond acceptors (Lipinski definition) is 8. The van der Waals surface area contributed by atoms with Crippen LogP contribution in [0.5, 0.6) is 28.7 Å². The first-order valence-electron chi connectivity index (χ1n) is 8.88. The average Bonchev–Trinajstić information content (AvgIpc) is 2.77. The summed E-state index contributed by atoms with van der Waals surface area (Å²) >= 11 is -1.36. The molecule has 2 N–H and O–H groups in total. The smallest absolute Gasteiger partial charge is 0.325 e. The zero-order chi connectivity index (χ0) is 22.1. The summed E-state index contributed by atoms with van der Waals surface area (Å²) in [4.78, 5) is 11.5. The fraction of sp³-hybridized carbons (Fsp3) is 0.286. The molecule has 2 rings (SSSR count). The van der Waals surface area contributed by atoms with Crippen LogP contribution < -0.4 is 29.4 Å². The molecule has 0 heterocycles. The minimum Gasteiger partial charge on any atom is -0.612 e. The first kappa shape index (κ1) is 23.4. The first-order valence-corrected chi connectivity index (χ1v) is 10.3. The number of nitrogens with two attached hydrogens (primary N) is 1. The van der Waals surface area contributed by atoms with Crippen LogP contribution in [0, 0.1) is 0 Å². The van der Waals surface area contributed by atoms with Gasteiger partial charge in [0.2, 0.25) is 0 Å². The lowest BCUT2D eigenvalue weighted by molar-refractivity contribution is -0.132. The molecule has 0 saturated heterocycles. The van der Waals surface area contributed by atoms with Crippen molar-refractivity contribution in [2.75, 3.05) is 35.0 Å². The number of benzene rings is 2. The van der Waals surface area contributed by atoms with Crippen LogP contribution in [0.2, 0.25) is 0 Å². The van der Waals surface area contributed by atoms with Gasteiger partial charge in [-0.15, -0.1) is 0 Å². The Morgan fingerprint density at radius 3 is 2.13 bits per heavy atom. The van der Waals surface area contributed by atoms with Gasteiger partial charge in [-0.3, -0.25) is 4.79 Å². The van der Waals surface area contributed by atoms with Crippen molar-refractivity contribution in [2.24, 2.45) is 5.73 Å². The Labute approximate surface area is 178 Å². The van der Waals surface area contributed by atoms with E-state index in [0.29, 0.717) is 34.1 Å². The third kappa shape index (κ3) is 6.06. The number of methoxy groups -OCH3 is 4. The molecule has 2 aromatic rings. The van der Waals surface area contributed by atoms with E-state index >= 15 is 0 Å². The van der Waals surface area contributed by atoms with Crippen molar-refractivity contribution in [3.8, 4) is 28.7 Å². The molecule has 162 valence electrons. The van der Waals surface area contributed by atoms with Crippen LogP contribution in [0.4, 0.5) is 0 Å². The molecule has 0 saturated carbocycles. The summed E-state index contributed by atoms with van der Waals surface area (Å²) < 4.78 is 39.0. The van der Waals surface area contributed by atoms with E-state index in [0.717, 1.165) is 0 Å². The summed E-state index contributed by atoms with van der Waals surface area (Å²) in [6.07, 6.45) is 1.67. The van der Waals surface area contributed by atoms with Crippen LogP contribution in [-0.4, -0.2) is 45.5 Å². The lowest BCUT2D eigenvalue weighted by atomic mass is 10.1. The Balaban J connectivity index is 2.21. The standard InChI is InChI=1S/C21H25NO7S/c1-25-15-10-18(27-3)16(19(11-15)28-4)7-8-30(24)13-14-5-6-17(26-2)20(9-14)29-21(23)12-22/h5-11H,12-13,22H2,1-4H3/b8-7+. The molecule has 0 bridgehead atoms. The van der Waals surface area contributed by atoms with Gasteiger partial charge in [0.05, 0.1) is 40.5 Å². The van der Waals surface area contributed by atoms with E-state index < -0.39 is 17.1 Å². The molecule has 0 aromatic heterocycles. The maximum Gasteiger partial charge on any atom is 0.325 e. The Morgan fingerprint density at radius 2 is 1.60 bits per heavy atom. The molecule has 0 amide bonds. The molecule has 8 nitrogen and oxygen atoms in total. The van der Waals surface area contributed by atoms with E-state index in [1.807, 2.05) is 0 Å². The monoisotopic (exact) mass is 435 g/mol. The van der Waals surface area contributed by atoms with Gasteiger partial charge in [-0.1, -0.05) is 6.07 Å². The summed E-state index contributed by atoms with van der Waals surface area (Å²) in [6.45, 7) is -0.256. The van der Waals surface area contributed by atoms with E-state index in [1.54, 1.807) is 48.9 Å². The number of carbonyl (C=O) groups is 1. The molecule has 9 heteroatoms. The molecule has 0 fully saturated rings. The van der Waals surface area contributed by atoms with Crippen molar-refractivity contribution in [1.29, 1.82) is 0 Å². The predicted octanol–water partition coefficient (Wildman–Crippen LogP) is 2.50. The molecule has 1 unspecified atom stereocenters. The average molecular weight is 435 g/mol. The van der Waals surface area contributed by atoms with Crippen LogP contribution in [0.15, 0.2) is 35.7 Å². The number of hydrogen-bond donors (Lipinski definition) is 1. The predicted molar refractivity (Wildman–Crippen MR) is 115 cm³/mol. The lowest BCUT2D eigenvalue weighted by Gasteiger charge is -2.13. The highest BCUT2D eigenvalue weighted by Crippen LogP contribution is 2.35. The Kier molecular flexibility index (Phi) is 8.85. The molecule has 0 aliphatic heterocycles. The first-order chi connectivity index (χ1) is 14.4. The van der Waals surface area contributed by atoms with Crippen molar-refractivity contribution in [2.45, 2.75) is 5.75 Å². The van der Waals surface area contributed by atoms with Crippen molar-refractivity contribution in [1.82, 2.24) is 0 Å². The maximum absolute atomic E-state index is 12.6. The van der Waals surface area contributed by atoms with Gasteiger partial charge in [0.25, 0.3) is 0 Å². The van der Waals surface area contributed by atoms with Crippen LogP contribution in [0.1, 0.15) is 11.1 Å². The molecular formula is C21H25NO7S. The highest BCUT2D eigenvalue weighted by molar-refractivity contribution is 7.93. The zero-order valence-corrected chi connectivity index (χ0v) is 18.1. The molecule has 30 heavy (non-hydrogen) atoms. The number of ether oxygens (including phenoxy) is 5. The van der Waals surface area contributed by atoms with Crippen LogP contribution in [0.3, 0.4) is 0 Å². The highest BCUT2D eigenvalue weighted by atomic mass is 32.2. The van der Waals surface area contributed by atoms with E-state index in [4.69, 9.17) is 29.4 Å². The van der Waals surface area contributed by atoms with Gasteiger partial charge in [0, 0.05) is 23.8 Å². The summed E-state index contributed by atoms with van der Waals surface area (Å²) in [5.74, 6) is 1.86. The summed E-state index contributed by atoms with van der Waals surface area (Å²) in [6, 6.07) is 8.43. The lowest BCUT2D eigenvalue weighted by Crippen LogP contribution is -2.19. The summed E-state index contributed by atoms with van der Waals surface area (Å²) in [7, 11) is 6.08. The van der Waals surface area contributed by atoms with E-state index in [-0.39, 0.29) is 18.0 Å². The third-order valence-electron chi connectivity index (χ3n) is 4.07. The number of esters is 1. The van der Waals surface area contributed by atoms with Gasteiger partial charge in [-0.05, 0) is 23.3 Å². The quantitative estimate of drug-likeness (QED) is 0.344. The Bertz CT molecular complexity index is 876. The fourth-order valence-corrected chi connectivity index (χ4v) is 3.50. The van der Waals surface area contributed by atoms with Crippen LogP contribution in [-0.2, 0) is 21.7 Å². The van der Waals surface area contributed by atoms with Crippen molar-refractivity contribution in [3.05, 3.63) is 46.9 Å². The van der Waals surface area contributed by atoms with Gasteiger partial charge in [-0.25, -0.2) is 0 Å².